The summed E-state index contributed by atoms with van der Waals surface area (Å²) in [4.78, 5) is 5.32. The van der Waals surface area contributed by atoms with Crippen LogP contribution in [0.4, 0.5) is 0 Å². The summed E-state index contributed by atoms with van der Waals surface area (Å²) in [6, 6.07) is 9.93. The van der Waals surface area contributed by atoms with E-state index in [0.29, 0.717) is 5.25 Å². The van der Waals surface area contributed by atoms with Crippen molar-refractivity contribution in [3.63, 3.8) is 0 Å². The van der Waals surface area contributed by atoms with Gasteiger partial charge in [0.2, 0.25) is 0 Å². The van der Waals surface area contributed by atoms with Gasteiger partial charge in [0.25, 0.3) is 0 Å². The van der Waals surface area contributed by atoms with Crippen molar-refractivity contribution in [2.75, 3.05) is 0 Å². The van der Waals surface area contributed by atoms with Crippen LogP contribution >= 0.6 is 15.9 Å². The zero-order chi connectivity index (χ0) is 15.3. The first-order valence-corrected chi connectivity index (χ1v) is 9.13. The van der Waals surface area contributed by atoms with Gasteiger partial charge in [0.15, 0.2) is 5.65 Å². The lowest BCUT2D eigenvalue weighted by Crippen LogP contribution is -1.97. The second-order valence-corrected chi connectivity index (χ2v) is 8.17. The van der Waals surface area contributed by atoms with Crippen molar-refractivity contribution < 1.29 is 4.21 Å². The summed E-state index contributed by atoms with van der Waals surface area (Å²) in [5, 5.41) is 5.95. The topological polar surface area (TPSA) is 47.8 Å². The summed E-state index contributed by atoms with van der Waals surface area (Å²) in [6.45, 7) is 0. The van der Waals surface area contributed by atoms with E-state index in [4.69, 9.17) is 0 Å². The van der Waals surface area contributed by atoms with Gasteiger partial charge in [0.1, 0.15) is 5.69 Å². The van der Waals surface area contributed by atoms with E-state index in [1.165, 1.54) is 0 Å². The maximum absolute atomic E-state index is 12.2. The Kier molecular flexibility index (Phi) is 3.38. The molecule has 2 aromatic heterocycles. The normalized spacial score (nSPS) is 16.1. The van der Waals surface area contributed by atoms with E-state index >= 15 is 0 Å². The zero-order valence-corrected chi connectivity index (χ0v) is 14.4. The van der Waals surface area contributed by atoms with E-state index in [2.05, 4.69) is 26.0 Å². The van der Waals surface area contributed by atoms with Crippen molar-refractivity contribution in [3.05, 3.63) is 41.0 Å². The molecule has 1 fully saturated rings. The van der Waals surface area contributed by atoms with Crippen LogP contribution in [-0.4, -0.2) is 24.2 Å². The molecular weight excluding hydrogens is 362 g/mol. The Morgan fingerprint density at radius 3 is 2.68 bits per heavy atom. The number of hydrogen-bond acceptors (Lipinski definition) is 3. The zero-order valence-electron chi connectivity index (χ0n) is 12.0. The lowest BCUT2D eigenvalue weighted by molar-refractivity contribution is 0.682. The molecule has 1 unspecified atom stereocenters. The standard InChI is InChI=1S/C16H14BrN3OS/c1-20-16-14(8-11(17)9-18-16)15(19-20)10-2-4-12(5-3-10)22(21)13-6-7-13/h2-5,8-9,13H,6-7H2,1H3. The third kappa shape index (κ3) is 2.40. The van der Waals surface area contributed by atoms with Gasteiger partial charge in [-0.2, -0.15) is 5.10 Å². The van der Waals surface area contributed by atoms with Crippen LogP contribution < -0.4 is 0 Å². The number of rotatable bonds is 3. The predicted molar refractivity (Wildman–Crippen MR) is 91.1 cm³/mol. The third-order valence-corrected chi connectivity index (χ3v) is 6.08. The van der Waals surface area contributed by atoms with Crippen molar-refractivity contribution in [2.24, 2.45) is 7.05 Å². The summed E-state index contributed by atoms with van der Waals surface area (Å²) in [7, 11) is 1.03. The maximum atomic E-state index is 12.2. The molecule has 1 aromatic carbocycles. The van der Waals surface area contributed by atoms with E-state index in [1.807, 2.05) is 37.4 Å². The van der Waals surface area contributed by atoms with Crippen LogP contribution in [0, 0.1) is 0 Å². The quantitative estimate of drug-likeness (QED) is 0.701. The molecule has 1 aliphatic rings. The number of pyridine rings is 1. The van der Waals surface area contributed by atoms with Crippen LogP contribution in [0.25, 0.3) is 22.3 Å². The first-order valence-electron chi connectivity index (χ1n) is 7.13. The summed E-state index contributed by atoms with van der Waals surface area (Å²) in [6.07, 6.45) is 3.94. The van der Waals surface area contributed by atoms with E-state index in [1.54, 1.807) is 10.9 Å². The van der Waals surface area contributed by atoms with Crippen LogP contribution in [0.3, 0.4) is 0 Å². The van der Waals surface area contributed by atoms with E-state index in [0.717, 1.165) is 44.5 Å². The first-order chi connectivity index (χ1) is 10.6. The Bertz CT molecular complexity index is 884. The molecule has 4 rings (SSSR count). The van der Waals surface area contributed by atoms with Crippen molar-refractivity contribution in [1.82, 2.24) is 14.8 Å². The number of hydrogen-bond donors (Lipinski definition) is 0. The average molecular weight is 376 g/mol. The smallest absolute Gasteiger partial charge is 0.158 e. The van der Waals surface area contributed by atoms with Crippen molar-refractivity contribution in [2.45, 2.75) is 23.0 Å². The first kappa shape index (κ1) is 14.1. The van der Waals surface area contributed by atoms with Gasteiger partial charge in [-0.3, -0.25) is 4.21 Å². The minimum atomic E-state index is -0.860. The molecule has 0 spiro atoms. The van der Waals surface area contributed by atoms with Gasteiger partial charge >= 0.3 is 0 Å². The van der Waals surface area contributed by atoms with Gasteiger partial charge in [0, 0.05) is 38.8 Å². The number of fused-ring (bicyclic) bond motifs is 1. The van der Waals surface area contributed by atoms with Gasteiger partial charge in [-0.1, -0.05) is 12.1 Å². The van der Waals surface area contributed by atoms with Crippen molar-refractivity contribution in [3.8, 4) is 11.3 Å². The van der Waals surface area contributed by atoms with Crippen LogP contribution in [0.1, 0.15) is 12.8 Å². The molecule has 0 N–H and O–H groups in total. The minimum Gasteiger partial charge on any atom is -0.254 e. The second-order valence-electron chi connectivity index (χ2n) is 5.52. The number of aryl methyl sites for hydroxylation is 1. The molecule has 0 radical (unpaired) electrons. The number of benzene rings is 1. The molecule has 6 heteroatoms. The van der Waals surface area contributed by atoms with E-state index in [-0.39, 0.29) is 0 Å². The second kappa shape index (κ2) is 5.28. The Labute approximate surface area is 139 Å². The molecule has 0 aliphatic heterocycles. The van der Waals surface area contributed by atoms with E-state index < -0.39 is 10.8 Å². The number of aromatic nitrogens is 3. The fraction of sp³-hybridized carbons (Fsp3) is 0.250. The molecule has 3 aromatic rings. The maximum Gasteiger partial charge on any atom is 0.158 e. The molecule has 0 saturated heterocycles. The summed E-state index contributed by atoms with van der Waals surface area (Å²) >= 11 is 3.46. The van der Waals surface area contributed by atoms with Gasteiger partial charge in [0.05, 0.1) is 10.8 Å². The van der Waals surface area contributed by atoms with Crippen molar-refractivity contribution in [1.29, 1.82) is 0 Å². The van der Waals surface area contributed by atoms with Crippen molar-refractivity contribution >= 4 is 37.8 Å². The van der Waals surface area contributed by atoms with Gasteiger partial charge in [-0.05, 0) is 47.0 Å². The van der Waals surface area contributed by atoms with Crippen LogP contribution in [0.5, 0.6) is 0 Å². The molecule has 22 heavy (non-hydrogen) atoms. The largest absolute Gasteiger partial charge is 0.254 e. The molecule has 1 saturated carbocycles. The Morgan fingerprint density at radius 1 is 1.27 bits per heavy atom. The molecule has 1 atom stereocenters. The highest BCUT2D eigenvalue weighted by Crippen LogP contribution is 2.32. The van der Waals surface area contributed by atoms with Gasteiger partial charge in [-0.25, -0.2) is 9.67 Å². The Balaban J connectivity index is 1.78. The summed E-state index contributed by atoms with van der Waals surface area (Å²) < 4.78 is 14.9. The fourth-order valence-corrected chi connectivity index (χ4v) is 4.23. The minimum absolute atomic E-state index is 0.363. The molecule has 112 valence electrons. The SMILES string of the molecule is Cn1nc(-c2ccc(S(=O)C3CC3)cc2)c2cc(Br)cnc21. The number of nitrogens with zero attached hydrogens (tertiary/aromatic N) is 3. The molecule has 4 nitrogen and oxygen atoms in total. The van der Waals surface area contributed by atoms with Crippen LogP contribution in [-0.2, 0) is 17.8 Å². The highest BCUT2D eigenvalue weighted by atomic mass is 79.9. The molecule has 1 aliphatic carbocycles. The summed E-state index contributed by atoms with van der Waals surface area (Å²) in [5.41, 5.74) is 2.76. The van der Waals surface area contributed by atoms with E-state index in [9.17, 15) is 4.21 Å². The van der Waals surface area contributed by atoms with Crippen LogP contribution in [0.15, 0.2) is 45.9 Å². The third-order valence-electron chi connectivity index (χ3n) is 3.83. The molecule has 2 heterocycles. The summed E-state index contributed by atoms with van der Waals surface area (Å²) in [5.74, 6) is 0. The molecule has 0 bridgehead atoms. The lowest BCUT2D eigenvalue weighted by Gasteiger charge is -2.02. The average Bonchev–Trinajstić information content (AvgIpc) is 3.32. The highest BCUT2D eigenvalue weighted by Gasteiger charge is 2.29. The Hall–Kier alpha value is -1.53. The van der Waals surface area contributed by atoms with Crippen LogP contribution in [0.2, 0.25) is 0 Å². The van der Waals surface area contributed by atoms with Gasteiger partial charge in [-0.15, -0.1) is 0 Å². The highest BCUT2D eigenvalue weighted by molar-refractivity contribution is 9.10. The molecule has 0 amide bonds. The predicted octanol–water partition coefficient (Wildman–Crippen LogP) is 3.67. The fourth-order valence-electron chi connectivity index (χ4n) is 2.55. The monoisotopic (exact) mass is 375 g/mol. The number of halogens is 1. The molecular formula is C16H14BrN3OS. The lowest BCUT2D eigenvalue weighted by atomic mass is 10.1. The Morgan fingerprint density at radius 2 is 2.00 bits per heavy atom. The van der Waals surface area contributed by atoms with Gasteiger partial charge < -0.3 is 0 Å².